The summed E-state index contributed by atoms with van der Waals surface area (Å²) in [6, 6.07) is 4.93. The smallest absolute Gasteiger partial charge is 0.418 e. The van der Waals surface area contributed by atoms with E-state index in [-0.39, 0.29) is 17.9 Å². The maximum atomic E-state index is 12.9. The Kier molecular flexibility index (Phi) is 6.15. The van der Waals surface area contributed by atoms with Gasteiger partial charge in [-0.2, -0.15) is 13.2 Å². The molecular weight excluding hydrogens is 257 g/mol. The minimum Gasteiger partial charge on any atom is -0.508 e. The Labute approximate surface area is 111 Å². The van der Waals surface area contributed by atoms with Gasteiger partial charge in [-0.05, 0) is 24.1 Å². The van der Waals surface area contributed by atoms with Crippen molar-refractivity contribution < 1.29 is 23.0 Å². The highest BCUT2D eigenvalue weighted by Crippen LogP contribution is 2.36. The van der Waals surface area contributed by atoms with Gasteiger partial charge in [0.05, 0.1) is 0 Å². The normalized spacial score (nSPS) is 13.5. The van der Waals surface area contributed by atoms with Crippen LogP contribution >= 0.6 is 0 Å². The summed E-state index contributed by atoms with van der Waals surface area (Å²) < 4.78 is 43.7. The summed E-state index contributed by atoms with van der Waals surface area (Å²) in [5, 5.41) is 9.09. The van der Waals surface area contributed by atoms with E-state index in [0.717, 1.165) is 19.3 Å². The number of halogens is 3. The Balaban J connectivity index is 2.60. The van der Waals surface area contributed by atoms with Crippen LogP contribution in [0.3, 0.4) is 0 Å². The minimum atomic E-state index is -4.44. The predicted molar refractivity (Wildman–Crippen MR) is 67.0 cm³/mol. The minimum absolute atomic E-state index is 0.0146. The van der Waals surface area contributed by atoms with Gasteiger partial charge in [0.1, 0.15) is 5.75 Å². The van der Waals surface area contributed by atoms with Crippen molar-refractivity contribution in [2.45, 2.75) is 44.9 Å². The Hall–Kier alpha value is -1.23. The lowest BCUT2D eigenvalue weighted by Crippen LogP contribution is -2.24. The van der Waals surface area contributed by atoms with E-state index in [1.54, 1.807) is 0 Å². The van der Waals surface area contributed by atoms with Gasteiger partial charge in [0, 0.05) is 6.61 Å². The molecule has 19 heavy (non-hydrogen) atoms. The van der Waals surface area contributed by atoms with Gasteiger partial charge >= 0.3 is 6.18 Å². The fourth-order valence-corrected chi connectivity index (χ4v) is 1.76. The molecule has 0 heterocycles. The third-order valence-corrected chi connectivity index (χ3v) is 2.78. The quantitative estimate of drug-likeness (QED) is 0.738. The molecule has 0 saturated carbocycles. The van der Waals surface area contributed by atoms with Crippen molar-refractivity contribution in [3.05, 3.63) is 29.8 Å². The number of unbranched alkanes of at least 4 members (excludes halogenated alkanes) is 3. The van der Waals surface area contributed by atoms with Crippen molar-refractivity contribution in [2.75, 3.05) is 6.61 Å². The van der Waals surface area contributed by atoms with Crippen LogP contribution in [0.25, 0.3) is 0 Å². The van der Waals surface area contributed by atoms with E-state index < -0.39 is 12.3 Å². The Morgan fingerprint density at radius 1 is 1.11 bits per heavy atom. The van der Waals surface area contributed by atoms with Crippen molar-refractivity contribution in [2.24, 2.45) is 0 Å². The van der Waals surface area contributed by atoms with Gasteiger partial charge < -0.3 is 9.84 Å². The second-order valence-corrected chi connectivity index (χ2v) is 4.44. The first kappa shape index (κ1) is 15.8. The number of ether oxygens (including phenoxy) is 1. The number of benzene rings is 1. The lowest BCUT2D eigenvalue weighted by Gasteiger charge is -2.21. The molecular formula is C14H19F3O2. The predicted octanol–water partition coefficient (Wildman–Crippen LogP) is 4.59. The highest BCUT2D eigenvalue weighted by Gasteiger charge is 2.41. The average molecular weight is 276 g/mol. The number of rotatable bonds is 7. The number of hydrogen-bond donors (Lipinski definition) is 1. The third-order valence-electron chi connectivity index (χ3n) is 2.78. The number of alkyl halides is 3. The molecule has 0 spiro atoms. The summed E-state index contributed by atoms with van der Waals surface area (Å²) in [6.45, 7) is 2.13. The van der Waals surface area contributed by atoms with Crippen molar-refractivity contribution in [3.63, 3.8) is 0 Å². The van der Waals surface area contributed by atoms with E-state index in [4.69, 9.17) is 9.84 Å². The van der Waals surface area contributed by atoms with E-state index in [2.05, 4.69) is 0 Å². The highest BCUT2D eigenvalue weighted by molar-refractivity contribution is 5.28. The van der Waals surface area contributed by atoms with E-state index in [1.165, 1.54) is 24.3 Å². The standard InChI is InChI=1S/C14H19F3O2/c1-2-3-4-5-10-19-13(14(15,16)17)11-6-8-12(18)9-7-11/h6-9,13,18H,2-5,10H2,1H3. The first-order valence-electron chi connectivity index (χ1n) is 6.42. The molecule has 1 aromatic carbocycles. The van der Waals surface area contributed by atoms with Crippen LogP contribution < -0.4 is 0 Å². The Morgan fingerprint density at radius 3 is 2.26 bits per heavy atom. The molecule has 1 rings (SSSR count). The van der Waals surface area contributed by atoms with Crippen molar-refractivity contribution in [1.29, 1.82) is 0 Å². The summed E-state index contributed by atoms with van der Waals surface area (Å²) in [4.78, 5) is 0. The lowest BCUT2D eigenvalue weighted by atomic mass is 10.1. The summed E-state index contributed by atoms with van der Waals surface area (Å²) >= 11 is 0. The maximum absolute atomic E-state index is 12.9. The van der Waals surface area contributed by atoms with Gasteiger partial charge in [-0.15, -0.1) is 0 Å². The molecule has 1 N–H and O–H groups in total. The molecule has 2 nitrogen and oxygen atoms in total. The number of phenols is 1. The fraction of sp³-hybridized carbons (Fsp3) is 0.571. The van der Waals surface area contributed by atoms with Crippen LogP contribution in [0.2, 0.25) is 0 Å². The zero-order valence-electron chi connectivity index (χ0n) is 10.9. The van der Waals surface area contributed by atoms with Crippen molar-refractivity contribution in [1.82, 2.24) is 0 Å². The Morgan fingerprint density at radius 2 is 1.74 bits per heavy atom. The maximum Gasteiger partial charge on any atom is 0.418 e. The second-order valence-electron chi connectivity index (χ2n) is 4.44. The second kappa shape index (κ2) is 7.38. The molecule has 0 aromatic heterocycles. The molecule has 0 radical (unpaired) electrons. The van der Waals surface area contributed by atoms with Crippen LogP contribution in [0.5, 0.6) is 5.75 Å². The van der Waals surface area contributed by atoms with E-state index >= 15 is 0 Å². The largest absolute Gasteiger partial charge is 0.508 e. The van der Waals surface area contributed by atoms with Crippen LogP contribution in [-0.2, 0) is 4.74 Å². The number of aromatic hydroxyl groups is 1. The van der Waals surface area contributed by atoms with E-state index in [9.17, 15) is 13.2 Å². The molecule has 0 amide bonds. The van der Waals surface area contributed by atoms with Gasteiger partial charge in [0.15, 0.2) is 6.10 Å². The van der Waals surface area contributed by atoms with E-state index in [0.29, 0.717) is 6.42 Å². The average Bonchev–Trinajstić information content (AvgIpc) is 2.34. The zero-order valence-corrected chi connectivity index (χ0v) is 10.9. The van der Waals surface area contributed by atoms with Crippen molar-refractivity contribution in [3.8, 4) is 5.75 Å². The first-order valence-corrected chi connectivity index (χ1v) is 6.42. The molecule has 0 saturated heterocycles. The molecule has 0 bridgehead atoms. The molecule has 5 heteroatoms. The highest BCUT2D eigenvalue weighted by atomic mass is 19.4. The number of hydrogen-bond acceptors (Lipinski definition) is 2. The SMILES string of the molecule is CCCCCCOC(c1ccc(O)cc1)C(F)(F)F. The third kappa shape index (κ3) is 5.51. The van der Waals surface area contributed by atoms with Crippen molar-refractivity contribution >= 4 is 0 Å². The fourth-order valence-electron chi connectivity index (χ4n) is 1.76. The van der Waals surface area contributed by atoms with E-state index in [1.807, 2.05) is 6.92 Å². The summed E-state index contributed by atoms with van der Waals surface area (Å²) in [5.74, 6) is -0.0624. The van der Waals surface area contributed by atoms with Crippen LogP contribution in [0.15, 0.2) is 24.3 Å². The molecule has 1 aromatic rings. The summed E-state index contributed by atoms with van der Waals surface area (Å²) in [6.07, 6.45) is -2.84. The monoisotopic (exact) mass is 276 g/mol. The summed E-state index contributed by atoms with van der Waals surface area (Å²) in [5.41, 5.74) is 0.0146. The van der Waals surface area contributed by atoms with Gasteiger partial charge in [-0.3, -0.25) is 0 Å². The summed E-state index contributed by atoms with van der Waals surface area (Å²) in [7, 11) is 0. The van der Waals surface area contributed by atoms with Crippen LogP contribution in [0, 0.1) is 0 Å². The molecule has 1 unspecified atom stereocenters. The van der Waals surface area contributed by atoms with Gasteiger partial charge in [0.2, 0.25) is 0 Å². The number of phenolic OH excluding ortho intramolecular Hbond substituents is 1. The molecule has 108 valence electrons. The van der Waals surface area contributed by atoms with Crippen LogP contribution in [0.1, 0.15) is 44.3 Å². The Bertz CT molecular complexity index is 360. The van der Waals surface area contributed by atoms with Gasteiger partial charge in [-0.1, -0.05) is 38.3 Å². The molecule has 0 aliphatic heterocycles. The molecule has 1 atom stereocenters. The lowest BCUT2D eigenvalue weighted by molar-refractivity contribution is -0.224. The molecule has 0 aliphatic carbocycles. The van der Waals surface area contributed by atoms with Gasteiger partial charge in [0.25, 0.3) is 0 Å². The molecule has 0 fully saturated rings. The molecule has 0 aliphatic rings. The van der Waals surface area contributed by atoms with Crippen LogP contribution in [0.4, 0.5) is 13.2 Å². The topological polar surface area (TPSA) is 29.5 Å². The van der Waals surface area contributed by atoms with Gasteiger partial charge in [-0.25, -0.2) is 0 Å². The van der Waals surface area contributed by atoms with Crippen LogP contribution in [-0.4, -0.2) is 17.9 Å². The zero-order chi connectivity index (χ0) is 14.3. The first-order chi connectivity index (χ1) is 8.95.